The minimum absolute atomic E-state index is 0.119. The number of rotatable bonds is 8. The number of benzene rings is 2. The number of carbonyl (C=O) groups is 1. The Kier molecular flexibility index (Phi) is 7.14. The highest BCUT2D eigenvalue weighted by molar-refractivity contribution is 6.05. The zero-order valence-corrected chi connectivity index (χ0v) is 17.3. The van der Waals surface area contributed by atoms with E-state index in [0.717, 1.165) is 12.1 Å². The first-order valence-corrected chi connectivity index (χ1v) is 9.90. The Labute approximate surface area is 175 Å². The molecule has 1 heterocycles. The van der Waals surface area contributed by atoms with Gasteiger partial charge in [-0.1, -0.05) is 13.0 Å². The molecule has 0 fully saturated rings. The highest BCUT2D eigenvalue weighted by Crippen LogP contribution is 2.24. The van der Waals surface area contributed by atoms with Crippen LogP contribution in [0.2, 0.25) is 0 Å². The number of aryl methyl sites for hydroxylation is 1. The van der Waals surface area contributed by atoms with Crippen molar-refractivity contribution in [2.75, 3.05) is 11.9 Å². The van der Waals surface area contributed by atoms with Crippen molar-refractivity contribution in [1.29, 1.82) is 0 Å². The molecule has 5 nitrogen and oxygen atoms in total. The molecule has 1 atom stereocenters. The van der Waals surface area contributed by atoms with Crippen LogP contribution in [0.25, 0.3) is 0 Å². The third-order valence-corrected chi connectivity index (χ3v) is 4.48. The van der Waals surface area contributed by atoms with Crippen molar-refractivity contribution < 1.29 is 18.7 Å². The van der Waals surface area contributed by atoms with Crippen LogP contribution < -0.4 is 10.1 Å². The summed E-state index contributed by atoms with van der Waals surface area (Å²) < 4.78 is 24.6. The van der Waals surface area contributed by atoms with E-state index >= 15 is 0 Å². The van der Waals surface area contributed by atoms with Gasteiger partial charge in [0.1, 0.15) is 17.3 Å². The van der Waals surface area contributed by atoms with Crippen LogP contribution in [0.1, 0.15) is 48.1 Å². The molecule has 156 valence electrons. The lowest BCUT2D eigenvalue weighted by atomic mass is 10.1. The van der Waals surface area contributed by atoms with Gasteiger partial charge in [0.05, 0.1) is 23.1 Å². The molecule has 0 aliphatic rings. The van der Waals surface area contributed by atoms with Gasteiger partial charge in [0.25, 0.3) is 5.91 Å². The fraction of sp³-hybridized carbons (Fsp3) is 0.250. The minimum atomic E-state index is -0.363. The van der Waals surface area contributed by atoms with Crippen molar-refractivity contribution in [3.63, 3.8) is 0 Å². The number of amides is 1. The molecule has 0 radical (unpaired) electrons. The van der Waals surface area contributed by atoms with Gasteiger partial charge in [-0.3, -0.25) is 9.78 Å². The molecule has 1 N–H and O–H groups in total. The molecule has 0 saturated carbocycles. The smallest absolute Gasteiger partial charge is 0.257 e. The summed E-state index contributed by atoms with van der Waals surface area (Å²) in [5.74, 6) is 0.345. The van der Waals surface area contributed by atoms with Gasteiger partial charge in [-0.2, -0.15) is 0 Å². The maximum Gasteiger partial charge on any atom is 0.257 e. The summed E-state index contributed by atoms with van der Waals surface area (Å²) in [7, 11) is 0. The summed E-state index contributed by atoms with van der Waals surface area (Å²) in [5, 5.41) is 2.86. The summed E-state index contributed by atoms with van der Waals surface area (Å²) in [6.07, 6.45) is 0.821. The highest BCUT2D eigenvalue weighted by atomic mass is 19.1. The second kappa shape index (κ2) is 9.98. The van der Waals surface area contributed by atoms with E-state index in [0.29, 0.717) is 35.1 Å². The quantitative estimate of drug-likeness (QED) is 0.492. The topological polar surface area (TPSA) is 60.5 Å². The molecule has 3 rings (SSSR count). The molecule has 6 heteroatoms. The van der Waals surface area contributed by atoms with Crippen LogP contribution >= 0.6 is 0 Å². The van der Waals surface area contributed by atoms with E-state index in [1.807, 2.05) is 13.0 Å². The van der Waals surface area contributed by atoms with Crippen molar-refractivity contribution in [2.45, 2.75) is 33.3 Å². The Morgan fingerprint density at radius 3 is 2.53 bits per heavy atom. The SMILES string of the molecule is CCCOC(C)c1ccc(C(=O)Nc2ccc(Oc3cccc(F)c3)cc2)c(C)n1. The molecule has 0 spiro atoms. The van der Waals surface area contributed by atoms with E-state index in [1.54, 1.807) is 49.4 Å². The number of carbonyl (C=O) groups excluding carboxylic acids is 1. The fourth-order valence-corrected chi connectivity index (χ4v) is 2.90. The summed E-state index contributed by atoms with van der Waals surface area (Å²) in [4.78, 5) is 17.2. The van der Waals surface area contributed by atoms with Crippen molar-refractivity contribution in [2.24, 2.45) is 0 Å². The van der Waals surface area contributed by atoms with Crippen LogP contribution in [0.3, 0.4) is 0 Å². The first-order valence-electron chi connectivity index (χ1n) is 9.90. The lowest BCUT2D eigenvalue weighted by molar-refractivity contribution is 0.0632. The summed E-state index contributed by atoms with van der Waals surface area (Å²) >= 11 is 0. The van der Waals surface area contributed by atoms with Crippen molar-refractivity contribution >= 4 is 11.6 Å². The van der Waals surface area contributed by atoms with Gasteiger partial charge >= 0.3 is 0 Å². The van der Waals surface area contributed by atoms with E-state index in [9.17, 15) is 9.18 Å². The summed E-state index contributed by atoms with van der Waals surface area (Å²) in [6, 6.07) is 16.4. The number of ether oxygens (including phenoxy) is 2. The largest absolute Gasteiger partial charge is 0.457 e. The molecular weight excluding hydrogens is 383 g/mol. The zero-order valence-electron chi connectivity index (χ0n) is 17.3. The zero-order chi connectivity index (χ0) is 21.5. The van der Waals surface area contributed by atoms with E-state index in [2.05, 4.69) is 17.2 Å². The van der Waals surface area contributed by atoms with E-state index < -0.39 is 0 Å². The predicted molar refractivity (Wildman–Crippen MR) is 115 cm³/mol. The molecule has 2 aromatic carbocycles. The monoisotopic (exact) mass is 408 g/mol. The molecule has 0 bridgehead atoms. The third kappa shape index (κ3) is 5.64. The summed E-state index contributed by atoms with van der Waals surface area (Å²) in [6.45, 7) is 6.48. The Bertz CT molecular complexity index is 1010. The lowest BCUT2D eigenvalue weighted by Crippen LogP contribution is -2.15. The van der Waals surface area contributed by atoms with Gasteiger partial charge in [-0.15, -0.1) is 0 Å². The number of nitrogens with zero attached hydrogens (tertiary/aromatic N) is 1. The van der Waals surface area contributed by atoms with Crippen LogP contribution in [-0.4, -0.2) is 17.5 Å². The Morgan fingerprint density at radius 1 is 1.10 bits per heavy atom. The second-order valence-electron chi connectivity index (χ2n) is 6.92. The number of halogens is 1. The van der Waals surface area contributed by atoms with Gasteiger partial charge in [0.15, 0.2) is 0 Å². The Hall–Kier alpha value is -3.25. The Morgan fingerprint density at radius 2 is 1.87 bits per heavy atom. The van der Waals surface area contributed by atoms with Crippen molar-refractivity contribution in [3.8, 4) is 11.5 Å². The van der Waals surface area contributed by atoms with Crippen LogP contribution in [0.4, 0.5) is 10.1 Å². The lowest BCUT2D eigenvalue weighted by Gasteiger charge is -2.14. The van der Waals surface area contributed by atoms with Crippen LogP contribution in [0.5, 0.6) is 11.5 Å². The number of hydrogen-bond acceptors (Lipinski definition) is 4. The normalized spacial score (nSPS) is 11.7. The first-order chi connectivity index (χ1) is 14.5. The average Bonchev–Trinajstić information content (AvgIpc) is 2.73. The Balaban J connectivity index is 1.64. The van der Waals surface area contributed by atoms with Gasteiger partial charge in [-0.25, -0.2) is 4.39 Å². The van der Waals surface area contributed by atoms with E-state index in [1.165, 1.54) is 12.1 Å². The summed E-state index contributed by atoms with van der Waals surface area (Å²) in [5.41, 5.74) is 2.57. The van der Waals surface area contributed by atoms with Crippen molar-refractivity contribution in [1.82, 2.24) is 4.98 Å². The van der Waals surface area contributed by atoms with Crippen molar-refractivity contribution in [3.05, 3.63) is 83.4 Å². The van der Waals surface area contributed by atoms with Gasteiger partial charge in [-0.05, 0) is 68.8 Å². The van der Waals surface area contributed by atoms with Gasteiger partial charge in [0, 0.05) is 18.4 Å². The number of hydrogen-bond donors (Lipinski definition) is 1. The van der Waals surface area contributed by atoms with E-state index in [-0.39, 0.29) is 17.8 Å². The molecule has 1 amide bonds. The van der Waals surface area contributed by atoms with Gasteiger partial charge in [0.2, 0.25) is 0 Å². The fourth-order valence-electron chi connectivity index (χ4n) is 2.90. The molecule has 0 saturated heterocycles. The number of nitrogens with one attached hydrogen (secondary N) is 1. The maximum absolute atomic E-state index is 13.3. The molecule has 30 heavy (non-hydrogen) atoms. The maximum atomic E-state index is 13.3. The average molecular weight is 408 g/mol. The number of aromatic nitrogens is 1. The molecule has 0 aliphatic heterocycles. The molecule has 1 unspecified atom stereocenters. The standard InChI is InChI=1S/C24H25FN2O3/c1-4-14-29-17(3)23-13-12-22(16(2)26-23)24(28)27-19-8-10-20(11-9-19)30-21-7-5-6-18(25)15-21/h5-13,15,17H,4,14H2,1-3H3,(H,27,28). The van der Waals surface area contributed by atoms with Crippen LogP contribution in [0, 0.1) is 12.7 Å². The van der Waals surface area contributed by atoms with E-state index in [4.69, 9.17) is 9.47 Å². The molecule has 1 aromatic heterocycles. The second-order valence-corrected chi connectivity index (χ2v) is 6.92. The van der Waals surface area contributed by atoms with Crippen LogP contribution in [-0.2, 0) is 4.74 Å². The predicted octanol–water partition coefficient (Wildman–Crippen LogP) is 6.06. The minimum Gasteiger partial charge on any atom is -0.457 e. The number of pyridine rings is 1. The molecular formula is C24H25FN2O3. The first kappa shape index (κ1) is 21.5. The molecule has 3 aromatic rings. The third-order valence-electron chi connectivity index (χ3n) is 4.48. The number of anilines is 1. The highest BCUT2D eigenvalue weighted by Gasteiger charge is 2.14. The van der Waals surface area contributed by atoms with Gasteiger partial charge < -0.3 is 14.8 Å². The molecule has 0 aliphatic carbocycles. The van der Waals surface area contributed by atoms with Crippen LogP contribution in [0.15, 0.2) is 60.7 Å².